The van der Waals surface area contributed by atoms with Crippen LogP contribution in [0.1, 0.15) is 29.8 Å². The number of hydrogen-bond acceptors (Lipinski definition) is 10. The molecule has 1 aromatic heterocycles. The van der Waals surface area contributed by atoms with Gasteiger partial charge in [-0.1, -0.05) is 49.0 Å². The number of nitro groups is 1. The van der Waals surface area contributed by atoms with Crippen LogP contribution in [-0.4, -0.2) is 43.0 Å². The van der Waals surface area contributed by atoms with Crippen molar-refractivity contribution in [2.75, 3.05) is 16.4 Å². The minimum Gasteiger partial charge on any atom is -0.321 e. The Kier molecular flexibility index (Phi) is 11.0. The van der Waals surface area contributed by atoms with Crippen LogP contribution in [0.15, 0.2) is 94.6 Å². The first-order valence-electron chi connectivity index (χ1n) is 12.9. The number of thioether (sulfide) groups is 2. The number of amides is 3. The molecule has 0 saturated heterocycles. The van der Waals surface area contributed by atoms with Crippen LogP contribution in [0.5, 0.6) is 0 Å². The number of rotatable bonds is 12. The normalized spacial score (nSPS) is 11.8. The maximum absolute atomic E-state index is 13.3. The van der Waals surface area contributed by atoms with E-state index in [4.69, 9.17) is 0 Å². The molecule has 0 fully saturated rings. The molecule has 3 aromatic carbocycles. The van der Waals surface area contributed by atoms with Crippen molar-refractivity contribution >= 4 is 75.4 Å². The second-order valence-corrected chi connectivity index (χ2v) is 12.1. The van der Waals surface area contributed by atoms with Crippen LogP contribution >= 0.6 is 35.1 Å². The van der Waals surface area contributed by atoms with Crippen molar-refractivity contribution in [3.63, 3.8) is 0 Å². The summed E-state index contributed by atoms with van der Waals surface area (Å²) in [4.78, 5) is 54.8. The molecule has 11 nitrogen and oxygen atoms in total. The fourth-order valence-corrected chi connectivity index (χ4v) is 5.74. The van der Waals surface area contributed by atoms with Crippen LogP contribution in [0, 0.1) is 10.1 Å². The molecule has 3 amide bonds. The number of nitrogens with one attached hydrogen (secondary N) is 3. The Morgan fingerprint density at radius 3 is 2.40 bits per heavy atom. The van der Waals surface area contributed by atoms with Crippen LogP contribution in [0.25, 0.3) is 6.08 Å². The number of aromatic nitrogens is 2. The van der Waals surface area contributed by atoms with Gasteiger partial charge >= 0.3 is 0 Å². The summed E-state index contributed by atoms with van der Waals surface area (Å²) in [5.74, 6) is -0.602. The molecule has 0 aliphatic carbocycles. The average molecular weight is 635 g/mol. The number of nitrogens with zero attached hydrogens (tertiary/aromatic N) is 3. The van der Waals surface area contributed by atoms with Gasteiger partial charge in [0.05, 0.1) is 15.7 Å². The van der Waals surface area contributed by atoms with Gasteiger partial charge in [-0.05, 0) is 61.2 Å². The lowest BCUT2D eigenvalue weighted by Crippen LogP contribution is -2.30. The molecule has 3 N–H and O–H groups in total. The van der Waals surface area contributed by atoms with E-state index in [1.54, 1.807) is 67.6 Å². The highest BCUT2D eigenvalue weighted by Gasteiger charge is 2.19. The molecule has 0 spiro atoms. The molecule has 0 aliphatic rings. The molecule has 1 unspecified atom stereocenters. The number of hydrogen-bond donors (Lipinski definition) is 3. The molecule has 0 saturated carbocycles. The van der Waals surface area contributed by atoms with Gasteiger partial charge in [-0.25, -0.2) is 0 Å². The Morgan fingerprint density at radius 2 is 1.70 bits per heavy atom. The van der Waals surface area contributed by atoms with Crippen LogP contribution < -0.4 is 16.0 Å². The SMILES string of the molecule is CCSc1nsc(NC(=O)C(C)Sc2ccc(NC(=O)/C(=C/c3ccccc3[N+](=O)[O-])NC(=O)c3ccccc3)cc2)n1. The molecule has 4 rings (SSSR count). The molecular formula is C29H26N6O5S3. The monoisotopic (exact) mass is 634 g/mol. The van der Waals surface area contributed by atoms with E-state index in [1.165, 1.54) is 47.8 Å². The molecular weight excluding hydrogens is 609 g/mol. The van der Waals surface area contributed by atoms with Crippen molar-refractivity contribution in [3.05, 3.63) is 106 Å². The first kappa shape index (κ1) is 31.4. The maximum atomic E-state index is 13.3. The summed E-state index contributed by atoms with van der Waals surface area (Å²) in [6, 6.07) is 21.0. The standard InChI is InChI=1S/C29H26N6O5S3/c1-3-41-29-33-28(43-34-29)32-25(36)18(2)42-22-15-13-21(14-16-22)30-27(38)23(31-26(37)19-9-5-4-6-10-19)17-20-11-7-8-12-24(20)35(39)40/h4-18H,3H2,1-2H3,(H,30,38)(H,31,37)(H,32,33,34,36)/b23-17-. The van der Waals surface area contributed by atoms with Gasteiger partial charge < -0.3 is 10.6 Å². The van der Waals surface area contributed by atoms with Crippen molar-refractivity contribution in [3.8, 4) is 0 Å². The Labute approximate surface area is 259 Å². The van der Waals surface area contributed by atoms with Crippen LogP contribution in [0.2, 0.25) is 0 Å². The first-order chi connectivity index (χ1) is 20.7. The molecule has 0 aliphatic heterocycles. The van der Waals surface area contributed by atoms with Gasteiger partial charge in [0.25, 0.3) is 17.5 Å². The molecule has 1 atom stereocenters. The van der Waals surface area contributed by atoms with Gasteiger partial charge in [0.2, 0.25) is 16.2 Å². The number of carbonyl (C=O) groups excluding carboxylic acids is 3. The van der Waals surface area contributed by atoms with E-state index < -0.39 is 22.0 Å². The highest BCUT2D eigenvalue weighted by Crippen LogP contribution is 2.27. The van der Waals surface area contributed by atoms with Crippen LogP contribution in [0.3, 0.4) is 0 Å². The molecule has 14 heteroatoms. The Bertz CT molecular complexity index is 1640. The van der Waals surface area contributed by atoms with E-state index in [1.807, 2.05) is 6.92 Å². The third kappa shape index (κ3) is 8.98. The number of nitro benzene ring substituents is 1. The van der Waals surface area contributed by atoms with Gasteiger partial charge in [0.1, 0.15) is 5.70 Å². The van der Waals surface area contributed by atoms with Gasteiger partial charge in [-0.15, -0.1) is 11.8 Å². The topological polar surface area (TPSA) is 156 Å². The van der Waals surface area contributed by atoms with Crippen molar-refractivity contribution in [2.45, 2.75) is 29.1 Å². The molecule has 1 heterocycles. The van der Waals surface area contributed by atoms with Crippen molar-refractivity contribution in [2.24, 2.45) is 0 Å². The Balaban J connectivity index is 1.45. The smallest absolute Gasteiger partial charge is 0.276 e. The fourth-order valence-electron chi connectivity index (χ4n) is 3.60. The lowest BCUT2D eigenvalue weighted by atomic mass is 10.1. The molecule has 43 heavy (non-hydrogen) atoms. The number of carbonyl (C=O) groups is 3. The largest absolute Gasteiger partial charge is 0.321 e. The van der Waals surface area contributed by atoms with Gasteiger partial charge in [-0.2, -0.15) is 9.36 Å². The minimum atomic E-state index is -0.673. The van der Waals surface area contributed by atoms with Crippen LogP contribution in [0.4, 0.5) is 16.5 Å². The Hall–Kier alpha value is -4.53. The lowest BCUT2D eigenvalue weighted by Gasteiger charge is -2.13. The zero-order valence-corrected chi connectivity index (χ0v) is 25.4. The summed E-state index contributed by atoms with van der Waals surface area (Å²) < 4.78 is 4.19. The van der Waals surface area contributed by atoms with Crippen molar-refractivity contribution in [1.82, 2.24) is 14.7 Å². The average Bonchev–Trinajstić information content (AvgIpc) is 3.45. The zero-order valence-electron chi connectivity index (χ0n) is 23.0. The maximum Gasteiger partial charge on any atom is 0.276 e. The van der Waals surface area contributed by atoms with Crippen molar-refractivity contribution < 1.29 is 19.3 Å². The minimum absolute atomic E-state index is 0.152. The predicted molar refractivity (Wildman–Crippen MR) is 170 cm³/mol. The summed E-state index contributed by atoms with van der Waals surface area (Å²) in [6.45, 7) is 3.77. The van der Waals surface area contributed by atoms with E-state index in [0.717, 1.165) is 22.2 Å². The summed E-state index contributed by atoms with van der Waals surface area (Å²) in [7, 11) is 0. The quantitative estimate of drug-likeness (QED) is 0.0726. The number of benzene rings is 3. The zero-order chi connectivity index (χ0) is 30.8. The molecule has 0 radical (unpaired) electrons. The fraction of sp³-hybridized carbons (Fsp3) is 0.138. The van der Waals surface area contributed by atoms with Gasteiger partial charge in [0.15, 0.2) is 0 Å². The molecule has 220 valence electrons. The van der Waals surface area contributed by atoms with Gasteiger partial charge in [-0.3, -0.25) is 29.8 Å². The second kappa shape index (κ2) is 15.1. The third-order valence-corrected chi connectivity index (χ3v) is 8.25. The van der Waals surface area contributed by atoms with E-state index >= 15 is 0 Å². The molecule has 0 bridgehead atoms. The van der Waals surface area contributed by atoms with E-state index in [9.17, 15) is 24.5 Å². The van der Waals surface area contributed by atoms with E-state index in [-0.39, 0.29) is 22.9 Å². The van der Waals surface area contributed by atoms with E-state index in [0.29, 0.717) is 21.5 Å². The highest BCUT2D eigenvalue weighted by atomic mass is 32.2. The lowest BCUT2D eigenvalue weighted by molar-refractivity contribution is -0.385. The number of anilines is 2. The summed E-state index contributed by atoms with van der Waals surface area (Å²) in [6.07, 6.45) is 1.26. The van der Waals surface area contributed by atoms with Crippen molar-refractivity contribution in [1.29, 1.82) is 0 Å². The Morgan fingerprint density at radius 1 is 1.00 bits per heavy atom. The van der Waals surface area contributed by atoms with E-state index in [2.05, 4.69) is 25.3 Å². The van der Waals surface area contributed by atoms with Crippen LogP contribution in [-0.2, 0) is 9.59 Å². The number of para-hydroxylation sites is 1. The summed E-state index contributed by atoms with van der Waals surface area (Å²) in [5, 5.41) is 20.2. The molecule has 4 aromatic rings. The highest BCUT2D eigenvalue weighted by molar-refractivity contribution is 8.00. The van der Waals surface area contributed by atoms with Gasteiger partial charge in [0, 0.05) is 33.7 Å². The second-order valence-electron chi connectivity index (χ2n) is 8.74. The first-order valence-corrected chi connectivity index (χ1v) is 15.5. The summed E-state index contributed by atoms with van der Waals surface area (Å²) >= 11 is 3.95. The summed E-state index contributed by atoms with van der Waals surface area (Å²) in [5.41, 5.74) is 0.495. The predicted octanol–water partition coefficient (Wildman–Crippen LogP) is 6.09. The third-order valence-electron chi connectivity index (χ3n) is 5.67.